The molecule has 0 saturated carbocycles. The lowest BCUT2D eigenvalue weighted by Crippen LogP contribution is -2.46. The maximum absolute atomic E-state index is 12.6. The van der Waals surface area contributed by atoms with Crippen LogP contribution in [0.4, 0.5) is 0 Å². The molecule has 1 aliphatic heterocycles. The van der Waals surface area contributed by atoms with Crippen LogP contribution in [-0.2, 0) is 0 Å². The molecule has 4 heteroatoms. The number of para-hydroxylation sites is 1. The van der Waals surface area contributed by atoms with Crippen molar-refractivity contribution in [1.29, 1.82) is 0 Å². The van der Waals surface area contributed by atoms with Gasteiger partial charge in [-0.2, -0.15) is 0 Å². The molecule has 0 N–H and O–H groups in total. The third-order valence-corrected chi connectivity index (χ3v) is 4.44. The van der Waals surface area contributed by atoms with Crippen LogP contribution in [0.1, 0.15) is 15.9 Å². The lowest BCUT2D eigenvalue weighted by atomic mass is 10.0. The van der Waals surface area contributed by atoms with E-state index in [1.165, 1.54) is 0 Å². The van der Waals surface area contributed by atoms with Gasteiger partial charge in [0, 0.05) is 31.7 Å². The summed E-state index contributed by atoms with van der Waals surface area (Å²) in [6, 6.07) is 15.4. The molecule has 0 amide bonds. The third-order valence-electron chi connectivity index (χ3n) is 4.44. The molecule has 1 heterocycles. The second-order valence-corrected chi connectivity index (χ2v) is 6.39. The van der Waals surface area contributed by atoms with Crippen molar-refractivity contribution in [2.24, 2.45) is 0 Å². The molecule has 0 spiro atoms. The van der Waals surface area contributed by atoms with E-state index in [4.69, 9.17) is 4.74 Å². The van der Waals surface area contributed by atoms with Gasteiger partial charge >= 0.3 is 0 Å². The van der Waals surface area contributed by atoms with Crippen LogP contribution in [0, 0.1) is 6.92 Å². The molecule has 0 unspecified atom stereocenters. The SMILES string of the molecule is Cc1cc(Oc2ccccc2)ccc1C(=O)CN1CCN(C)CC1. The number of hydrogen-bond acceptors (Lipinski definition) is 4. The molecule has 0 atom stereocenters. The lowest BCUT2D eigenvalue weighted by molar-refractivity contribution is 0.0876. The number of ether oxygens (including phenoxy) is 1. The monoisotopic (exact) mass is 324 g/mol. The Bertz CT molecular complexity index is 692. The molecule has 126 valence electrons. The Kier molecular flexibility index (Phi) is 5.28. The van der Waals surface area contributed by atoms with E-state index in [-0.39, 0.29) is 5.78 Å². The molecule has 1 fully saturated rings. The summed E-state index contributed by atoms with van der Waals surface area (Å²) >= 11 is 0. The first kappa shape index (κ1) is 16.7. The van der Waals surface area contributed by atoms with Crippen molar-refractivity contribution < 1.29 is 9.53 Å². The number of rotatable bonds is 5. The van der Waals surface area contributed by atoms with E-state index in [1.807, 2.05) is 55.5 Å². The molecule has 4 nitrogen and oxygen atoms in total. The Morgan fingerprint density at radius 3 is 2.38 bits per heavy atom. The van der Waals surface area contributed by atoms with Crippen molar-refractivity contribution in [3.05, 3.63) is 59.7 Å². The van der Waals surface area contributed by atoms with Gasteiger partial charge in [0.2, 0.25) is 0 Å². The predicted molar refractivity (Wildman–Crippen MR) is 96.0 cm³/mol. The molecule has 0 aromatic heterocycles. The standard InChI is InChI=1S/C20H24N2O2/c1-16-14-18(24-17-6-4-3-5-7-17)8-9-19(16)20(23)15-22-12-10-21(2)11-13-22/h3-9,14H,10-13,15H2,1-2H3. The summed E-state index contributed by atoms with van der Waals surface area (Å²) in [5, 5.41) is 0. The van der Waals surface area contributed by atoms with Gasteiger partial charge in [0.25, 0.3) is 0 Å². The smallest absolute Gasteiger partial charge is 0.177 e. The van der Waals surface area contributed by atoms with Gasteiger partial charge in [0.15, 0.2) is 5.78 Å². The van der Waals surface area contributed by atoms with Crippen LogP contribution in [0.3, 0.4) is 0 Å². The number of ketones is 1. The quantitative estimate of drug-likeness (QED) is 0.791. The van der Waals surface area contributed by atoms with Gasteiger partial charge in [-0.15, -0.1) is 0 Å². The number of carbonyl (C=O) groups is 1. The number of benzene rings is 2. The zero-order valence-electron chi connectivity index (χ0n) is 14.4. The molecule has 1 aliphatic rings. The van der Waals surface area contributed by atoms with E-state index in [0.29, 0.717) is 6.54 Å². The van der Waals surface area contributed by atoms with Gasteiger partial charge < -0.3 is 9.64 Å². The number of likely N-dealkylation sites (N-methyl/N-ethyl adjacent to an activating group) is 1. The normalized spacial score (nSPS) is 16.1. The van der Waals surface area contributed by atoms with Crippen molar-refractivity contribution in [2.45, 2.75) is 6.92 Å². The topological polar surface area (TPSA) is 32.8 Å². The van der Waals surface area contributed by atoms with Crippen molar-refractivity contribution >= 4 is 5.78 Å². The van der Waals surface area contributed by atoms with E-state index in [0.717, 1.165) is 48.8 Å². The second-order valence-electron chi connectivity index (χ2n) is 6.39. The van der Waals surface area contributed by atoms with E-state index in [1.54, 1.807) is 0 Å². The highest BCUT2D eigenvalue weighted by Crippen LogP contribution is 2.24. The summed E-state index contributed by atoms with van der Waals surface area (Å²) in [7, 11) is 2.12. The van der Waals surface area contributed by atoms with Crippen molar-refractivity contribution in [3.63, 3.8) is 0 Å². The van der Waals surface area contributed by atoms with Crippen molar-refractivity contribution in [2.75, 3.05) is 39.8 Å². The van der Waals surface area contributed by atoms with Gasteiger partial charge in [-0.1, -0.05) is 18.2 Å². The van der Waals surface area contributed by atoms with E-state index < -0.39 is 0 Å². The van der Waals surface area contributed by atoms with Crippen LogP contribution in [-0.4, -0.2) is 55.4 Å². The van der Waals surface area contributed by atoms with Crippen molar-refractivity contribution in [1.82, 2.24) is 9.80 Å². The lowest BCUT2D eigenvalue weighted by Gasteiger charge is -2.31. The molecule has 3 rings (SSSR count). The first-order chi connectivity index (χ1) is 11.6. The Balaban J connectivity index is 1.64. The summed E-state index contributed by atoms with van der Waals surface area (Å²) in [5.41, 5.74) is 1.75. The van der Waals surface area contributed by atoms with Crippen LogP contribution in [0.2, 0.25) is 0 Å². The van der Waals surface area contributed by atoms with Gasteiger partial charge in [-0.25, -0.2) is 0 Å². The summed E-state index contributed by atoms with van der Waals surface area (Å²) in [5.74, 6) is 1.74. The summed E-state index contributed by atoms with van der Waals surface area (Å²) in [4.78, 5) is 17.1. The fourth-order valence-corrected chi connectivity index (χ4v) is 2.93. The van der Waals surface area contributed by atoms with Gasteiger partial charge in [0.1, 0.15) is 11.5 Å². The zero-order valence-corrected chi connectivity index (χ0v) is 14.4. The largest absolute Gasteiger partial charge is 0.457 e. The number of carbonyl (C=O) groups excluding carboxylic acids is 1. The molecular weight excluding hydrogens is 300 g/mol. The first-order valence-electron chi connectivity index (χ1n) is 8.39. The molecule has 0 aliphatic carbocycles. The maximum atomic E-state index is 12.6. The first-order valence-corrected chi connectivity index (χ1v) is 8.39. The predicted octanol–water partition coefficient (Wildman–Crippen LogP) is 3.22. The Morgan fingerprint density at radius 1 is 1.00 bits per heavy atom. The summed E-state index contributed by atoms with van der Waals surface area (Å²) in [6.45, 7) is 6.42. The zero-order chi connectivity index (χ0) is 16.9. The Labute approximate surface area is 143 Å². The average Bonchev–Trinajstić information content (AvgIpc) is 2.58. The fraction of sp³-hybridized carbons (Fsp3) is 0.350. The molecule has 1 saturated heterocycles. The van der Waals surface area contributed by atoms with Crippen LogP contribution in [0.15, 0.2) is 48.5 Å². The number of hydrogen-bond donors (Lipinski definition) is 0. The van der Waals surface area contributed by atoms with E-state index >= 15 is 0 Å². The minimum Gasteiger partial charge on any atom is -0.457 e. The van der Waals surface area contributed by atoms with Crippen molar-refractivity contribution in [3.8, 4) is 11.5 Å². The van der Waals surface area contributed by atoms with Crippen LogP contribution in [0.25, 0.3) is 0 Å². The molecule has 2 aromatic rings. The minimum absolute atomic E-state index is 0.184. The van der Waals surface area contributed by atoms with Crippen LogP contribution in [0.5, 0.6) is 11.5 Å². The third kappa shape index (κ3) is 4.22. The highest BCUT2D eigenvalue weighted by atomic mass is 16.5. The number of nitrogens with zero attached hydrogens (tertiary/aromatic N) is 2. The maximum Gasteiger partial charge on any atom is 0.177 e. The Morgan fingerprint density at radius 2 is 1.71 bits per heavy atom. The number of Topliss-reactive ketones (excluding diaryl/α,β-unsaturated/α-hetero) is 1. The summed E-state index contributed by atoms with van der Waals surface area (Å²) < 4.78 is 5.83. The summed E-state index contributed by atoms with van der Waals surface area (Å²) in [6.07, 6.45) is 0. The van der Waals surface area contributed by atoms with Gasteiger partial charge in [0.05, 0.1) is 6.54 Å². The van der Waals surface area contributed by atoms with E-state index in [9.17, 15) is 4.79 Å². The molecule has 0 bridgehead atoms. The second kappa shape index (κ2) is 7.60. The van der Waals surface area contributed by atoms with Gasteiger partial charge in [-0.3, -0.25) is 9.69 Å². The molecular formula is C20H24N2O2. The number of aryl methyl sites for hydroxylation is 1. The highest BCUT2D eigenvalue weighted by molar-refractivity contribution is 5.99. The van der Waals surface area contributed by atoms with Crippen LogP contribution >= 0.6 is 0 Å². The average molecular weight is 324 g/mol. The Hall–Kier alpha value is -2.17. The van der Waals surface area contributed by atoms with E-state index in [2.05, 4.69) is 16.8 Å². The van der Waals surface area contributed by atoms with Crippen LogP contribution < -0.4 is 4.74 Å². The number of piperazine rings is 1. The highest BCUT2D eigenvalue weighted by Gasteiger charge is 2.18. The minimum atomic E-state index is 0.184. The fourth-order valence-electron chi connectivity index (χ4n) is 2.93. The van der Waals surface area contributed by atoms with Gasteiger partial charge in [-0.05, 0) is 49.9 Å². The molecule has 2 aromatic carbocycles. The molecule has 24 heavy (non-hydrogen) atoms. The molecule has 0 radical (unpaired) electrons.